The Morgan fingerprint density at radius 2 is 2.12 bits per heavy atom. The highest BCUT2D eigenvalue weighted by Crippen LogP contribution is 2.38. The summed E-state index contributed by atoms with van der Waals surface area (Å²) >= 11 is 0. The van der Waals surface area contributed by atoms with E-state index in [1.165, 1.54) is 17.5 Å². The minimum Gasteiger partial charge on any atom is -0.336 e. The first-order valence-corrected chi connectivity index (χ1v) is 8.46. The molecule has 2 atom stereocenters. The van der Waals surface area contributed by atoms with E-state index in [2.05, 4.69) is 45.7 Å². The van der Waals surface area contributed by atoms with E-state index in [4.69, 9.17) is 0 Å². The SMILES string of the molecule is O=C(NCCn1cncn1)N1[C@@H]2CC[C@@H]1C=C(c1ccccc1)C2. The van der Waals surface area contributed by atoms with Crippen LogP contribution in [0.5, 0.6) is 0 Å². The highest BCUT2D eigenvalue weighted by atomic mass is 16.2. The first-order chi connectivity index (χ1) is 11.8. The Kier molecular flexibility index (Phi) is 4.02. The van der Waals surface area contributed by atoms with Crippen LogP contribution in [-0.2, 0) is 6.54 Å². The van der Waals surface area contributed by atoms with Crippen LogP contribution in [0.3, 0.4) is 0 Å². The van der Waals surface area contributed by atoms with Gasteiger partial charge in [-0.25, -0.2) is 9.78 Å². The van der Waals surface area contributed by atoms with Crippen LogP contribution in [0, 0.1) is 0 Å². The molecule has 0 aliphatic carbocycles. The fraction of sp³-hybridized carbons (Fsp3) is 0.389. The molecule has 0 saturated carbocycles. The summed E-state index contributed by atoms with van der Waals surface area (Å²) in [4.78, 5) is 18.5. The summed E-state index contributed by atoms with van der Waals surface area (Å²) < 4.78 is 1.72. The molecule has 2 amide bonds. The van der Waals surface area contributed by atoms with Crippen molar-refractivity contribution < 1.29 is 4.79 Å². The van der Waals surface area contributed by atoms with E-state index in [1.54, 1.807) is 11.0 Å². The van der Waals surface area contributed by atoms with Crippen molar-refractivity contribution in [2.24, 2.45) is 0 Å². The molecule has 1 saturated heterocycles. The zero-order valence-corrected chi connectivity index (χ0v) is 13.5. The molecular formula is C18H21N5O. The number of rotatable bonds is 4. The van der Waals surface area contributed by atoms with Crippen LogP contribution >= 0.6 is 0 Å². The van der Waals surface area contributed by atoms with E-state index < -0.39 is 0 Å². The summed E-state index contributed by atoms with van der Waals surface area (Å²) in [6.07, 6.45) is 8.51. The summed E-state index contributed by atoms with van der Waals surface area (Å²) in [6.45, 7) is 1.20. The molecule has 2 aliphatic heterocycles. The van der Waals surface area contributed by atoms with Gasteiger partial charge in [-0.05, 0) is 30.4 Å². The van der Waals surface area contributed by atoms with Gasteiger partial charge in [-0.15, -0.1) is 0 Å². The molecule has 124 valence electrons. The van der Waals surface area contributed by atoms with Crippen LogP contribution in [0.4, 0.5) is 4.79 Å². The standard InChI is InChI=1S/C18H21N5O/c24-18(20-8-9-22-13-19-12-21-22)23-16-6-7-17(23)11-15(10-16)14-4-2-1-3-5-14/h1-5,10,12-13,16-17H,6-9,11H2,(H,20,24)/t16-,17-/m1/s1. The fourth-order valence-electron chi connectivity index (χ4n) is 3.73. The summed E-state index contributed by atoms with van der Waals surface area (Å²) in [6, 6.07) is 11.0. The number of carbonyl (C=O) groups is 1. The van der Waals surface area contributed by atoms with Crippen LogP contribution in [0.1, 0.15) is 24.8 Å². The van der Waals surface area contributed by atoms with E-state index in [0.29, 0.717) is 19.1 Å². The number of urea groups is 1. The van der Waals surface area contributed by atoms with E-state index in [0.717, 1.165) is 19.3 Å². The maximum absolute atomic E-state index is 12.6. The first kappa shape index (κ1) is 14.9. The number of nitrogens with one attached hydrogen (secondary N) is 1. The van der Waals surface area contributed by atoms with Gasteiger partial charge in [0.1, 0.15) is 12.7 Å². The van der Waals surface area contributed by atoms with Gasteiger partial charge in [-0.3, -0.25) is 4.68 Å². The minimum absolute atomic E-state index is 0.0333. The predicted molar refractivity (Wildman–Crippen MR) is 91.1 cm³/mol. The Morgan fingerprint density at radius 1 is 1.25 bits per heavy atom. The number of benzene rings is 1. The van der Waals surface area contributed by atoms with Gasteiger partial charge in [0.15, 0.2) is 0 Å². The van der Waals surface area contributed by atoms with Gasteiger partial charge in [-0.1, -0.05) is 36.4 Å². The van der Waals surface area contributed by atoms with Gasteiger partial charge < -0.3 is 10.2 Å². The molecule has 1 aromatic carbocycles. The number of aromatic nitrogens is 3. The van der Waals surface area contributed by atoms with Crippen molar-refractivity contribution in [3.05, 3.63) is 54.6 Å². The van der Waals surface area contributed by atoms with Crippen molar-refractivity contribution in [1.82, 2.24) is 25.0 Å². The van der Waals surface area contributed by atoms with Crippen LogP contribution in [0.15, 0.2) is 49.1 Å². The fourth-order valence-corrected chi connectivity index (χ4v) is 3.73. The van der Waals surface area contributed by atoms with E-state index in [1.807, 2.05) is 11.0 Å². The van der Waals surface area contributed by atoms with Crippen LogP contribution in [0.2, 0.25) is 0 Å². The number of nitrogens with zero attached hydrogens (tertiary/aromatic N) is 4. The molecule has 1 fully saturated rings. The molecule has 1 aromatic heterocycles. The molecule has 2 aliphatic rings. The minimum atomic E-state index is 0.0333. The molecule has 0 spiro atoms. The summed E-state index contributed by atoms with van der Waals surface area (Å²) in [7, 11) is 0. The zero-order chi connectivity index (χ0) is 16.4. The van der Waals surface area contributed by atoms with E-state index >= 15 is 0 Å². The number of hydrogen-bond donors (Lipinski definition) is 1. The second-order valence-electron chi connectivity index (χ2n) is 6.36. The third-order valence-corrected chi connectivity index (χ3v) is 4.86. The molecule has 24 heavy (non-hydrogen) atoms. The average molecular weight is 323 g/mol. The lowest BCUT2D eigenvalue weighted by Gasteiger charge is -2.34. The van der Waals surface area contributed by atoms with E-state index in [-0.39, 0.29) is 12.1 Å². The van der Waals surface area contributed by atoms with Gasteiger partial charge in [0, 0.05) is 12.6 Å². The number of hydrogen-bond acceptors (Lipinski definition) is 3. The monoisotopic (exact) mass is 323 g/mol. The summed E-state index contributed by atoms with van der Waals surface area (Å²) in [5.74, 6) is 0. The third kappa shape index (κ3) is 2.91. The summed E-state index contributed by atoms with van der Waals surface area (Å²) in [5, 5.41) is 7.06. The normalized spacial score (nSPS) is 22.3. The Balaban J connectivity index is 1.40. The van der Waals surface area contributed by atoms with E-state index in [9.17, 15) is 4.79 Å². The largest absolute Gasteiger partial charge is 0.336 e. The molecule has 3 heterocycles. The van der Waals surface area contributed by atoms with Crippen LogP contribution in [-0.4, -0.2) is 44.3 Å². The van der Waals surface area contributed by atoms with Crippen molar-refractivity contribution in [2.75, 3.05) is 6.54 Å². The Labute approximate surface area is 141 Å². The van der Waals surface area contributed by atoms with Crippen molar-refractivity contribution in [2.45, 2.75) is 37.9 Å². The molecule has 2 aromatic rings. The van der Waals surface area contributed by atoms with Crippen molar-refractivity contribution in [3.63, 3.8) is 0 Å². The Morgan fingerprint density at radius 3 is 2.88 bits per heavy atom. The molecule has 2 bridgehead atoms. The van der Waals surface area contributed by atoms with Crippen molar-refractivity contribution in [3.8, 4) is 0 Å². The predicted octanol–water partition coefficient (Wildman–Crippen LogP) is 2.31. The lowest BCUT2D eigenvalue weighted by Crippen LogP contribution is -2.48. The van der Waals surface area contributed by atoms with Crippen molar-refractivity contribution in [1.29, 1.82) is 0 Å². The molecular weight excluding hydrogens is 302 g/mol. The molecule has 0 unspecified atom stereocenters. The molecule has 1 N–H and O–H groups in total. The lowest BCUT2D eigenvalue weighted by atomic mass is 9.95. The quantitative estimate of drug-likeness (QED) is 0.939. The molecule has 4 rings (SSSR count). The van der Waals surface area contributed by atoms with Gasteiger partial charge in [-0.2, -0.15) is 5.10 Å². The highest BCUT2D eigenvalue weighted by molar-refractivity contribution is 5.78. The number of amides is 2. The zero-order valence-electron chi connectivity index (χ0n) is 13.5. The van der Waals surface area contributed by atoms with Crippen LogP contribution < -0.4 is 5.32 Å². The smallest absolute Gasteiger partial charge is 0.318 e. The van der Waals surface area contributed by atoms with Gasteiger partial charge in [0.05, 0.1) is 12.6 Å². The lowest BCUT2D eigenvalue weighted by molar-refractivity contribution is 0.179. The second kappa shape index (κ2) is 6.47. The van der Waals surface area contributed by atoms with Crippen LogP contribution in [0.25, 0.3) is 5.57 Å². The molecule has 0 radical (unpaired) electrons. The van der Waals surface area contributed by atoms with Crippen molar-refractivity contribution >= 4 is 11.6 Å². The average Bonchev–Trinajstić information content (AvgIpc) is 3.21. The Bertz CT molecular complexity index is 725. The second-order valence-corrected chi connectivity index (χ2v) is 6.36. The highest BCUT2D eigenvalue weighted by Gasteiger charge is 2.39. The van der Waals surface area contributed by atoms with Gasteiger partial charge >= 0.3 is 6.03 Å². The van der Waals surface area contributed by atoms with Gasteiger partial charge in [0.25, 0.3) is 0 Å². The van der Waals surface area contributed by atoms with Gasteiger partial charge in [0.2, 0.25) is 0 Å². The third-order valence-electron chi connectivity index (χ3n) is 4.86. The molecule has 6 heteroatoms. The maximum atomic E-state index is 12.6. The summed E-state index contributed by atoms with van der Waals surface area (Å²) in [5.41, 5.74) is 2.65. The number of fused-ring (bicyclic) bond motifs is 2. The maximum Gasteiger partial charge on any atom is 0.318 e. The Hall–Kier alpha value is -2.63. The molecule has 6 nitrogen and oxygen atoms in total. The first-order valence-electron chi connectivity index (χ1n) is 8.46. The topological polar surface area (TPSA) is 63.1 Å². The number of carbonyl (C=O) groups excluding carboxylic acids is 1.